The van der Waals surface area contributed by atoms with Crippen molar-refractivity contribution in [3.05, 3.63) is 35.4 Å². The molecule has 3 nitrogen and oxygen atoms in total. The Morgan fingerprint density at radius 1 is 1.53 bits per heavy atom. The minimum atomic E-state index is -0.00944. The van der Waals surface area contributed by atoms with Gasteiger partial charge in [-0.25, -0.2) is 0 Å². The summed E-state index contributed by atoms with van der Waals surface area (Å²) in [5, 5.41) is 2.87. The number of benzene rings is 1. The van der Waals surface area contributed by atoms with Crippen LogP contribution in [0.2, 0.25) is 0 Å². The number of hydrogen-bond acceptors (Lipinski definition) is 2. The van der Waals surface area contributed by atoms with Crippen LogP contribution in [-0.4, -0.2) is 16.9 Å². The van der Waals surface area contributed by atoms with E-state index in [-0.39, 0.29) is 11.9 Å². The summed E-state index contributed by atoms with van der Waals surface area (Å²) in [4.78, 5) is 12.1. The molecule has 0 aliphatic carbocycles. The molecule has 0 radical (unpaired) electrons. The SMILES string of the molecule is Cc1cccc(CC(=O)NC(C)CC(N)=S)c1. The van der Waals surface area contributed by atoms with Gasteiger partial charge in [0.05, 0.1) is 11.4 Å². The molecule has 4 heteroatoms. The fourth-order valence-electron chi connectivity index (χ4n) is 1.69. The molecule has 3 N–H and O–H groups in total. The highest BCUT2D eigenvalue weighted by molar-refractivity contribution is 7.80. The minimum absolute atomic E-state index is 0.000602. The molecule has 1 rings (SSSR count). The Balaban J connectivity index is 2.47. The Labute approximate surface area is 107 Å². The highest BCUT2D eigenvalue weighted by Crippen LogP contribution is 2.05. The Morgan fingerprint density at radius 2 is 2.24 bits per heavy atom. The molecule has 0 fully saturated rings. The lowest BCUT2D eigenvalue weighted by atomic mass is 10.1. The average molecular weight is 250 g/mol. The summed E-state index contributed by atoms with van der Waals surface area (Å²) in [7, 11) is 0. The zero-order chi connectivity index (χ0) is 12.8. The summed E-state index contributed by atoms with van der Waals surface area (Å²) in [5.41, 5.74) is 7.60. The van der Waals surface area contributed by atoms with Crippen LogP contribution in [0.25, 0.3) is 0 Å². The van der Waals surface area contributed by atoms with Gasteiger partial charge in [-0.1, -0.05) is 42.0 Å². The van der Waals surface area contributed by atoms with Gasteiger partial charge in [-0.3, -0.25) is 4.79 Å². The molecule has 0 spiro atoms. The largest absolute Gasteiger partial charge is 0.393 e. The third-order valence-corrected chi connectivity index (χ3v) is 2.53. The molecule has 1 atom stereocenters. The summed E-state index contributed by atoms with van der Waals surface area (Å²) in [5.74, 6) is -0.000602. The second kappa shape index (κ2) is 6.35. The maximum Gasteiger partial charge on any atom is 0.224 e. The van der Waals surface area contributed by atoms with E-state index < -0.39 is 0 Å². The second-order valence-electron chi connectivity index (χ2n) is 4.30. The maximum absolute atomic E-state index is 11.7. The highest BCUT2D eigenvalue weighted by Gasteiger charge is 2.08. The monoisotopic (exact) mass is 250 g/mol. The predicted molar refractivity (Wildman–Crippen MR) is 73.9 cm³/mol. The van der Waals surface area contributed by atoms with Crippen LogP contribution in [0.1, 0.15) is 24.5 Å². The third kappa shape index (κ3) is 5.45. The minimum Gasteiger partial charge on any atom is -0.393 e. The van der Waals surface area contributed by atoms with Crippen molar-refractivity contribution < 1.29 is 4.79 Å². The van der Waals surface area contributed by atoms with Crippen molar-refractivity contribution in [2.45, 2.75) is 32.7 Å². The van der Waals surface area contributed by atoms with Gasteiger partial charge in [0, 0.05) is 12.5 Å². The van der Waals surface area contributed by atoms with E-state index in [2.05, 4.69) is 5.32 Å². The van der Waals surface area contributed by atoms with Crippen molar-refractivity contribution in [3.8, 4) is 0 Å². The number of aryl methyl sites for hydroxylation is 1. The molecule has 0 aromatic heterocycles. The summed E-state index contributed by atoms with van der Waals surface area (Å²) >= 11 is 4.80. The van der Waals surface area contributed by atoms with Crippen LogP contribution in [0.4, 0.5) is 0 Å². The van der Waals surface area contributed by atoms with E-state index in [4.69, 9.17) is 18.0 Å². The Kier molecular flexibility index (Phi) is 5.10. The average Bonchev–Trinajstić information content (AvgIpc) is 2.14. The van der Waals surface area contributed by atoms with Crippen molar-refractivity contribution in [3.63, 3.8) is 0 Å². The van der Waals surface area contributed by atoms with E-state index in [0.717, 1.165) is 11.1 Å². The summed E-state index contributed by atoms with van der Waals surface area (Å²) < 4.78 is 0. The molecule has 0 aliphatic rings. The molecule has 0 heterocycles. The first kappa shape index (κ1) is 13.6. The summed E-state index contributed by atoms with van der Waals surface area (Å²) in [6, 6.07) is 7.92. The molecule has 1 aromatic rings. The number of rotatable bonds is 5. The fraction of sp³-hybridized carbons (Fsp3) is 0.385. The Hall–Kier alpha value is -1.42. The van der Waals surface area contributed by atoms with Crippen molar-refractivity contribution in [2.75, 3.05) is 0 Å². The first-order valence-electron chi connectivity index (χ1n) is 5.60. The first-order chi connectivity index (χ1) is 7.97. The van der Waals surface area contributed by atoms with E-state index in [9.17, 15) is 4.79 Å². The van der Waals surface area contributed by atoms with E-state index >= 15 is 0 Å². The topological polar surface area (TPSA) is 55.1 Å². The van der Waals surface area contributed by atoms with Crippen molar-refractivity contribution in [1.29, 1.82) is 0 Å². The molecule has 17 heavy (non-hydrogen) atoms. The summed E-state index contributed by atoms with van der Waals surface area (Å²) in [6.45, 7) is 3.91. The quantitative estimate of drug-likeness (QED) is 0.782. The van der Waals surface area contributed by atoms with Gasteiger partial charge < -0.3 is 11.1 Å². The van der Waals surface area contributed by atoms with Crippen molar-refractivity contribution in [2.24, 2.45) is 5.73 Å². The van der Waals surface area contributed by atoms with Crippen LogP contribution in [0.15, 0.2) is 24.3 Å². The molecule has 1 amide bonds. The summed E-state index contributed by atoms with van der Waals surface area (Å²) in [6.07, 6.45) is 0.929. The normalized spacial score (nSPS) is 11.9. The lowest BCUT2D eigenvalue weighted by Crippen LogP contribution is -2.36. The molecular weight excluding hydrogens is 232 g/mol. The molecule has 92 valence electrons. The van der Waals surface area contributed by atoms with Crippen LogP contribution in [0.3, 0.4) is 0 Å². The smallest absolute Gasteiger partial charge is 0.224 e. The van der Waals surface area contributed by atoms with Gasteiger partial charge in [0.15, 0.2) is 0 Å². The van der Waals surface area contributed by atoms with Crippen molar-refractivity contribution in [1.82, 2.24) is 5.32 Å². The van der Waals surface area contributed by atoms with Gasteiger partial charge in [-0.05, 0) is 19.4 Å². The van der Waals surface area contributed by atoms with E-state index in [1.165, 1.54) is 0 Å². The van der Waals surface area contributed by atoms with Gasteiger partial charge in [-0.15, -0.1) is 0 Å². The fourth-order valence-corrected chi connectivity index (χ4v) is 1.94. The first-order valence-corrected chi connectivity index (χ1v) is 6.01. The molecule has 0 saturated heterocycles. The number of hydrogen-bond donors (Lipinski definition) is 2. The van der Waals surface area contributed by atoms with E-state index in [1.54, 1.807) is 0 Å². The van der Waals surface area contributed by atoms with Crippen LogP contribution < -0.4 is 11.1 Å². The van der Waals surface area contributed by atoms with E-state index in [0.29, 0.717) is 17.8 Å². The van der Waals surface area contributed by atoms with Gasteiger partial charge in [0.2, 0.25) is 5.91 Å². The third-order valence-electron chi connectivity index (χ3n) is 2.36. The van der Waals surface area contributed by atoms with Gasteiger partial charge in [0.1, 0.15) is 0 Å². The molecule has 0 bridgehead atoms. The standard InChI is InChI=1S/C13H18N2OS/c1-9-4-3-5-11(6-9)8-13(16)15-10(2)7-12(14)17/h3-6,10H,7-8H2,1-2H3,(H2,14,17)(H,15,16). The maximum atomic E-state index is 11.7. The number of carbonyl (C=O) groups excluding carboxylic acids is 1. The molecule has 1 unspecified atom stereocenters. The van der Waals surface area contributed by atoms with Gasteiger partial charge in [-0.2, -0.15) is 0 Å². The Bertz CT molecular complexity index is 418. The van der Waals surface area contributed by atoms with Gasteiger partial charge >= 0.3 is 0 Å². The van der Waals surface area contributed by atoms with Crippen LogP contribution in [0.5, 0.6) is 0 Å². The van der Waals surface area contributed by atoms with Crippen LogP contribution >= 0.6 is 12.2 Å². The Morgan fingerprint density at radius 3 is 2.82 bits per heavy atom. The predicted octanol–water partition coefficient (Wildman–Crippen LogP) is 1.72. The zero-order valence-corrected chi connectivity index (χ0v) is 11.0. The number of thiocarbonyl (C=S) groups is 1. The number of nitrogens with one attached hydrogen (secondary N) is 1. The molecule has 0 aliphatic heterocycles. The van der Waals surface area contributed by atoms with Crippen LogP contribution in [-0.2, 0) is 11.2 Å². The number of nitrogens with two attached hydrogens (primary N) is 1. The highest BCUT2D eigenvalue weighted by atomic mass is 32.1. The lowest BCUT2D eigenvalue weighted by molar-refractivity contribution is -0.120. The van der Waals surface area contributed by atoms with Gasteiger partial charge in [0.25, 0.3) is 0 Å². The van der Waals surface area contributed by atoms with Crippen molar-refractivity contribution >= 4 is 23.1 Å². The second-order valence-corrected chi connectivity index (χ2v) is 4.83. The molecular formula is C13H18N2OS. The molecule has 0 saturated carbocycles. The zero-order valence-electron chi connectivity index (χ0n) is 10.2. The van der Waals surface area contributed by atoms with E-state index in [1.807, 2.05) is 38.1 Å². The number of carbonyl (C=O) groups is 1. The lowest BCUT2D eigenvalue weighted by Gasteiger charge is -2.13. The van der Waals surface area contributed by atoms with Crippen LogP contribution in [0, 0.1) is 6.92 Å². The number of amides is 1. The molecule has 1 aromatic carbocycles.